The Labute approximate surface area is 123 Å². The second-order valence-electron chi connectivity index (χ2n) is 4.34. The van der Waals surface area contributed by atoms with Gasteiger partial charge in [0.05, 0.1) is 28.4 Å². The Morgan fingerprint density at radius 3 is 2.50 bits per heavy atom. The van der Waals surface area contributed by atoms with Crippen molar-refractivity contribution in [3.8, 4) is 11.8 Å². The van der Waals surface area contributed by atoms with Gasteiger partial charge in [-0.25, -0.2) is 0 Å². The average Bonchev–Trinajstić information content (AvgIpc) is 2.48. The molecule has 112 valence electrons. The predicted octanol–water partition coefficient (Wildman–Crippen LogP) is 3.53. The lowest BCUT2D eigenvalue weighted by molar-refractivity contribution is -0.137. The summed E-state index contributed by atoms with van der Waals surface area (Å²) in [4.78, 5) is 12.0. The molecule has 2 aromatic rings. The van der Waals surface area contributed by atoms with E-state index in [1.807, 2.05) is 0 Å². The van der Waals surface area contributed by atoms with Gasteiger partial charge in [0.2, 0.25) is 0 Å². The Balaban J connectivity index is 2.37. The summed E-state index contributed by atoms with van der Waals surface area (Å²) in [6, 6.07) is 9.75. The molecule has 1 amide bonds. The summed E-state index contributed by atoms with van der Waals surface area (Å²) in [5, 5.41) is 20.5. The van der Waals surface area contributed by atoms with Crippen LogP contribution in [0.3, 0.4) is 0 Å². The number of carbonyl (C=O) groups excluding carboxylic acids is 1. The van der Waals surface area contributed by atoms with Crippen LogP contribution in [0.15, 0.2) is 42.5 Å². The summed E-state index contributed by atoms with van der Waals surface area (Å²) < 4.78 is 38.6. The molecule has 7 heteroatoms. The van der Waals surface area contributed by atoms with Crippen LogP contribution in [0, 0.1) is 11.3 Å². The van der Waals surface area contributed by atoms with E-state index < -0.39 is 23.2 Å². The van der Waals surface area contributed by atoms with E-state index >= 15 is 0 Å². The van der Waals surface area contributed by atoms with Gasteiger partial charge in [-0.2, -0.15) is 18.4 Å². The van der Waals surface area contributed by atoms with Crippen LogP contribution >= 0.6 is 0 Å². The highest BCUT2D eigenvalue weighted by atomic mass is 19.4. The molecule has 4 nitrogen and oxygen atoms in total. The van der Waals surface area contributed by atoms with E-state index in [0.717, 1.165) is 12.1 Å². The summed E-state index contributed by atoms with van der Waals surface area (Å²) >= 11 is 0. The summed E-state index contributed by atoms with van der Waals surface area (Å²) in [6.45, 7) is 0. The monoisotopic (exact) mass is 306 g/mol. The molecule has 0 saturated carbocycles. The summed E-state index contributed by atoms with van der Waals surface area (Å²) in [6.07, 6.45) is -4.68. The number of aromatic hydroxyl groups is 1. The van der Waals surface area contributed by atoms with Gasteiger partial charge in [0.1, 0.15) is 5.75 Å². The maximum atomic E-state index is 12.9. The van der Waals surface area contributed by atoms with Gasteiger partial charge in [-0.1, -0.05) is 12.1 Å². The highest BCUT2D eigenvalue weighted by Gasteiger charge is 2.34. The fraction of sp³-hybridized carbons (Fsp3) is 0.0667. The molecule has 0 aromatic heterocycles. The van der Waals surface area contributed by atoms with E-state index in [9.17, 15) is 23.1 Å². The third-order valence-corrected chi connectivity index (χ3v) is 2.85. The number of nitrogens with zero attached hydrogens (tertiary/aromatic N) is 1. The van der Waals surface area contributed by atoms with Crippen LogP contribution in [-0.2, 0) is 6.18 Å². The number of anilines is 1. The van der Waals surface area contributed by atoms with Crippen molar-refractivity contribution in [1.82, 2.24) is 0 Å². The van der Waals surface area contributed by atoms with Crippen molar-refractivity contribution in [2.75, 3.05) is 5.32 Å². The molecule has 0 aliphatic carbocycles. The smallest absolute Gasteiger partial charge is 0.417 e. The maximum Gasteiger partial charge on any atom is 0.417 e. The third-order valence-electron chi connectivity index (χ3n) is 2.85. The second-order valence-corrected chi connectivity index (χ2v) is 4.34. The zero-order valence-corrected chi connectivity index (χ0v) is 11.0. The van der Waals surface area contributed by atoms with Gasteiger partial charge in [-0.05, 0) is 30.3 Å². The molecular weight excluding hydrogens is 297 g/mol. The van der Waals surface area contributed by atoms with Gasteiger partial charge >= 0.3 is 6.18 Å². The van der Waals surface area contributed by atoms with Gasteiger partial charge in [-0.15, -0.1) is 0 Å². The molecule has 0 heterocycles. The fourth-order valence-corrected chi connectivity index (χ4v) is 1.82. The van der Waals surface area contributed by atoms with E-state index in [2.05, 4.69) is 5.32 Å². The first-order valence-electron chi connectivity index (χ1n) is 6.03. The number of phenolic OH excluding ortho intramolecular Hbond substituents is 1. The minimum absolute atomic E-state index is 0.138. The molecule has 2 N–H and O–H groups in total. The first kappa shape index (κ1) is 15.4. The van der Waals surface area contributed by atoms with Crippen LogP contribution in [0.5, 0.6) is 5.75 Å². The molecular formula is C15H9F3N2O2. The van der Waals surface area contributed by atoms with E-state index in [0.29, 0.717) is 0 Å². The number of nitrogens with one attached hydrogen (secondary N) is 1. The lowest BCUT2D eigenvalue weighted by Gasteiger charge is -2.13. The minimum atomic E-state index is -4.68. The normalized spacial score (nSPS) is 10.8. The average molecular weight is 306 g/mol. The van der Waals surface area contributed by atoms with Crippen molar-refractivity contribution in [3.05, 3.63) is 59.2 Å². The lowest BCUT2D eigenvalue weighted by Crippen LogP contribution is -2.18. The van der Waals surface area contributed by atoms with Crippen molar-refractivity contribution in [1.29, 1.82) is 5.26 Å². The second kappa shape index (κ2) is 5.77. The van der Waals surface area contributed by atoms with Crippen LogP contribution in [-0.4, -0.2) is 11.0 Å². The Bertz CT molecular complexity index is 764. The van der Waals surface area contributed by atoms with E-state index in [1.54, 1.807) is 6.07 Å². The summed E-state index contributed by atoms with van der Waals surface area (Å²) in [7, 11) is 0. The molecule has 0 radical (unpaired) electrons. The number of phenols is 1. The number of hydrogen-bond acceptors (Lipinski definition) is 3. The van der Waals surface area contributed by atoms with Crippen molar-refractivity contribution in [2.45, 2.75) is 6.18 Å². The first-order valence-corrected chi connectivity index (χ1v) is 6.03. The lowest BCUT2D eigenvalue weighted by atomic mass is 10.1. The molecule has 0 unspecified atom stereocenters. The fourth-order valence-electron chi connectivity index (χ4n) is 1.82. The van der Waals surface area contributed by atoms with Gasteiger partial charge in [0.15, 0.2) is 0 Å². The zero-order valence-electron chi connectivity index (χ0n) is 11.0. The Morgan fingerprint density at radius 1 is 1.18 bits per heavy atom. The van der Waals surface area contributed by atoms with Crippen molar-refractivity contribution in [2.24, 2.45) is 0 Å². The van der Waals surface area contributed by atoms with Crippen molar-refractivity contribution in [3.63, 3.8) is 0 Å². The summed E-state index contributed by atoms with van der Waals surface area (Å²) in [5.41, 5.74) is -1.64. The predicted molar refractivity (Wildman–Crippen MR) is 72.2 cm³/mol. The molecule has 2 rings (SSSR count). The van der Waals surface area contributed by atoms with Crippen LogP contribution in [0.2, 0.25) is 0 Å². The number of hydrogen-bond donors (Lipinski definition) is 2. The quantitative estimate of drug-likeness (QED) is 0.834. The largest absolute Gasteiger partial charge is 0.506 e. The molecule has 0 saturated heterocycles. The zero-order chi connectivity index (χ0) is 16.3. The molecule has 22 heavy (non-hydrogen) atoms. The minimum Gasteiger partial charge on any atom is -0.506 e. The van der Waals surface area contributed by atoms with E-state index in [1.165, 1.54) is 30.3 Å². The van der Waals surface area contributed by atoms with Crippen LogP contribution < -0.4 is 5.32 Å². The van der Waals surface area contributed by atoms with Gasteiger partial charge in [0, 0.05) is 0 Å². The van der Waals surface area contributed by atoms with Gasteiger partial charge in [0.25, 0.3) is 5.91 Å². The van der Waals surface area contributed by atoms with Crippen LogP contribution in [0.4, 0.5) is 18.9 Å². The Hall–Kier alpha value is -3.01. The molecule has 0 spiro atoms. The maximum absolute atomic E-state index is 12.9. The number of halogens is 3. The molecule has 0 atom stereocenters. The Kier molecular flexibility index (Phi) is 4.04. The number of carbonyl (C=O) groups is 1. The standard InChI is InChI=1S/C15H9F3N2O2/c16-15(17,18)11-4-2-1-3-10(11)14(22)20-12-7-9(8-19)5-6-13(12)21/h1-7,21H,(H,20,22). The van der Waals surface area contributed by atoms with Crippen molar-refractivity contribution >= 4 is 11.6 Å². The topological polar surface area (TPSA) is 73.1 Å². The van der Waals surface area contributed by atoms with Gasteiger partial charge in [-0.3, -0.25) is 4.79 Å². The van der Waals surface area contributed by atoms with Crippen LogP contribution in [0.25, 0.3) is 0 Å². The third kappa shape index (κ3) is 3.17. The van der Waals surface area contributed by atoms with Gasteiger partial charge < -0.3 is 10.4 Å². The summed E-state index contributed by atoms with van der Waals surface area (Å²) in [5.74, 6) is -1.38. The highest BCUT2D eigenvalue weighted by Crippen LogP contribution is 2.32. The molecule has 0 aliphatic rings. The molecule has 0 fully saturated rings. The number of nitriles is 1. The number of amides is 1. The molecule has 2 aromatic carbocycles. The SMILES string of the molecule is N#Cc1ccc(O)c(NC(=O)c2ccccc2C(F)(F)F)c1. The van der Waals surface area contributed by atoms with E-state index in [-0.39, 0.29) is 17.0 Å². The number of rotatable bonds is 2. The van der Waals surface area contributed by atoms with Crippen LogP contribution in [0.1, 0.15) is 21.5 Å². The molecule has 0 bridgehead atoms. The highest BCUT2D eigenvalue weighted by molar-refractivity contribution is 6.06. The molecule has 0 aliphatic heterocycles. The van der Waals surface area contributed by atoms with E-state index in [4.69, 9.17) is 5.26 Å². The first-order chi connectivity index (χ1) is 10.3. The number of benzene rings is 2. The Morgan fingerprint density at radius 2 is 1.86 bits per heavy atom. The number of alkyl halides is 3. The van der Waals surface area contributed by atoms with Crippen molar-refractivity contribution < 1.29 is 23.1 Å².